The lowest BCUT2D eigenvalue weighted by molar-refractivity contribution is 0.110. The highest BCUT2D eigenvalue weighted by Gasteiger charge is 2.14. The molecule has 1 heterocycles. The van der Waals surface area contributed by atoms with E-state index in [2.05, 4.69) is 0 Å². The fourth-order valence-corrected chi connectivity index (χ4v) is 1.67. The summed E-state index contributed by atoms with van der Waals surface area (Å²) in [6.07, 6.45) is 0.624. The molecular formula is C13H12FNO2. The average molecular weight is 233 g/mol. The lowest BCUT2D eigenvalue weighted by Gasteiger charge is -2.20. The van der Waals surface area contributed by atoms with Crippen LogP contribution in [-0.4, -0.2) is 12.8 Å². The molecule has 0 aliphatic heterocycles. The average Bonchev–Trinajstić information content (AvgIpc) is 2.81. The molecule has 88 valence electrons. The van der Waals surface area contributed by atoms with Crippen LogP contribution in [0.25, 0.3) is 0 Å². The molecule has 0 aliphatic carbocycles. The summed E-state index contributed by atoms with van der Waals surface area (Å²) in [4.78, 5) is 12.2. The Hall–Kier alpha value is -2.10. The van der Waals surface area contributed by atoms with Crippen LogP contribution in [0, 0.1) is 5.82 Å². The number of carbonyl (C=O) groups excluding carboxylic acids is 1. The van der Waals surface area contributed by atoms with Crippen molar-refractivity contribution in [3.05, 3.63) is 48.0 Å². The number of aldehydes is 1. The minimum absolute atomic E-state index is 0.231. The van der Waals surface area contributed by atoms with Crippen molar-refractivity contribution >= 4 is 17.9 Å². The van der Waals surface area contributed by atoms with Crippen LogP contribution < -0.4 is 4.90 Å². The Morgan fingerprint density at radius 3 is 2.65 bits per heavy atom. The van der Waals surface area contributed by atoms with Crippen LogP contribution >= 0.6 is 0 Å². The monoisotopic (exact) mass is 233 g/mol. The number of benzene rings is 1. The van der Waals surface area contributed by atoms with Gasteiger partial charge in [0.25, 0.3) is 0 Å². The van der Waals surface area contributed by atoms with Gasteiger partial charge in [0.15, 0.2) is 12.0 Å². The number of para-hydroxylation sites is 1. The maximum Gasteiger partial charge on any atom is 0.200 e. The Labute approximate surface area is 98.5 Å². The van der Waals surface area contributed by atoms with Gasteiger partial charge in [-0.2, -0.15) is 0 Å². The van der Waals surface area contributed by atoms with Gasteiger partial charge in [-0.15, -0.1) is 0 Å². The Kier molecular flexibility index (Phi) is 3.23. The molecule has 2 rings (SSSR count). The van der Waals surface area contributed by atoms with Crippen molar-refractivity contribution in [1.29, 1.82) is 0 Å². The van der Waals surface area contributed by atoms with E-state index in [0.29, 0.717) is 24.4 Å². The Morgan fingerprint density at radius 1 is 1.29 bits per heavy atom. The molecule has 2 aromatic rings. The smallest absolute Gasteiger partial charge is 0.200 e. The second-order valence-electron chi connectivity index (χ2n) is 3.49. The topological polar surface area (TPSA) is 33.5 Å². The molecule has 0 unspecified atom stereocenters. The van der Waals surface area contributed by atoms with Gasteiger partial charge in [-0.3, -0.25) is 4.79 Å². The third kappa shape index (κ3) is 2.20. The van der Waals surface area contributed by atoms with Crippen molar-refractivity contribution in [3.8, 4) is 0 Å². The maximum atomic E-state index is 13.6. The van der Waals surface area contributed by atoms with E-state index in [9.17, 15) is 9.18 Å². The quantitative estimate of drug-likeness (QED) is 0.759. The van der Waals surface area contributed by atoms with Crippen LogP contribution in [0.1, 0.15) is 17.5 Å². The van der Waals surface area contributed by atoms with Gasteiger partial charge in [0.05, 0.1) is 5.69 Å². The van der Waals surface area contributed by atoms with Gasteiger partial charge in [-0.25, -0.2) is 4.39 Å². The van der Waals surface area contributed by atoms with E-state index in [-0.39, 0.29) is 11.6 Å². The van der Waals surface area contributed by atoms with Crippen molar-refractivity contribution < 1.29 is 13.6 Å². The van der Waals surface area contributed by atoms with Gasteiger partial charge < -0.3 is 9.32 Å². The van der Waals surface area contributed by atoms with Crippen molar-refractivity contribution in [3.63, 3.8) is 0 Å². The SMILES string of the molecule is CCN(c1ccc(C=O)o1)c1ccccc1F. The molecule has 0 aliphatic rings. The highest BCUT2D eigenvalue weighted by atomic mass is 19.1. The molecule has 0 radical (unpaired) electrons. The van der Waals surface area contributed by atoms with Gasteiger partial charge in [0, 0.05) is 12.6 Å². The van der Waals surface area contributed by atoms with E-state index in [4.69, 9.17) is 4.42 Å². The van der Waals surface area contributed by atoms with E-state index in [1.54, 1.807) is 35.2 Å². The number of anilines is 2. The van der Waals surface area contributed by atoms with Gasteiger partial charge in [0.1, 0.15) is 5.82 Å². The first-order valence-corrected chi connectivity index (χ1v) is 5.33. The third-order valence-electron chi connectivity index (χ3n) is 2.45. The fourth-order valence-electron chi connectivity index (χ4n) is 1.67. The largest absolute Gasteiger partial charge is 0.437 e. The molecule has 0 atom stereocenters. The minimum Gasteiger partial charge on any atom is -0.437 e. The fraction of sp³-hybridized carbons (Fsp3) is 0.154. The van der Waals surface area contributed by atoms with Crippen LogP contribution in [-0.2, 0) is 0 Å². The van der Waals surface area contributed by atoms with Crippen LogP contribution in [0.2, 0.25) is 0 Å². The molecule has 1 aromatic heterocycles. The Morgan fingerprint density at radius 2 is 2.06 bits per heavy atom. The summed E-state index contributed by atoms with van der Waals surface area (Å²) >= 11 is 0. The number of carbonyl (C=O) groups is 1. The number of nitrogens with zero attached hydrogens (tertiary/aromatic N) is 1. The van der Waals surface area contributed by atoms with E-state index in [1.807, 2.05) is 6.92 Å². The van der Waals surface area contributed by atoms with Crippen LogP contribution in [0.15, 0.2) is 40.8 Å². The predicted octanol–water partition coefficient (Wildman–Crippen LogP) is 3.39. The summed E-state index contributed by atoms with van der Waals surface area (Å²) in [6, 6.07) is 9.66. The first kappa shape index (κ1) is 11.4. The van der Waals surface area contributed by atoms with Gasteiger partial charge in [-0.05, 0) is 25.1 Å². The van der Waals surface area contributed by atoms with E-state index in [0.717, 1.165) is 0 Å². The zero-order valence-corrected chi connectivity index (χ0v) is 9.39. The molecule has 0 fully saturated rings. The number of hydrogen-bond donors (Lipinski definition) is 0. The van der Waals surface area contributed by atoms with Gasteiger partial charge in [0.2, 0.25) is 5.88 Å². The molecule has 17 heavy (non-hydrogen) atoms. The summed E-state index contributed by atoms with van der Waals surface area (Å²) in [5.41, 5.74) is 0.432. The molecule has 0 amide bonds. The lowest BCUT2D eigenvalue weighted by atomic mass is 10.2. The molecule has 0 spiro atoms. The molecule has 0 N–H and O–H groups in total. The van der Waals surface area contributed by atoms with E-state index >= 15 is 0 Å². The molecular weight excluding hydrogens is 221 g/mol. The molecule has 3 nitrogen and oxygen atoms in total. The van der Waals surface area contributed by atoms with Crippen LogP contribution in [0.5, 0.6) is 0 Å². The molecule has 0 saturated carbocycles. The van der Waals surface area contributed by atoms with Gasteiger partial charge >= 0.3 is 0 Å². The highest BCUT2D eigenvalue weighted by molar-refractivity contribution is 5.72. The zero-order chi connectivity index (χ0) is 12.3. The summed E-state index contributed by atoms with van der Waals surface area (Å²) in [5.74, 6) is 0.368. The van der Waals surface area contributed by atoms with Crippen molar-refractivity contribution in [1.82, 2.24) is 0 Å². The summed E-state index contributed by atoms with van der Waals surface area (Å²) in [6.45, 7) is 2.43. The van der Waals surface area contributed by atoms with E-state index in [1.165, 1.54) is 6.07 Å². The highest BCUT2D eigenvalue weighted by Crippen LogP contribution is 2.28. The van der Waals surface area contributed by atoms with Crippen molar-refractivity contribution in [2.24, 2.45) is 0 Å². The maximum absolute atomic E-state index is 13.6. The number of hydrogen-bond acceptors (Lipinski definition) is 3. The Balaban J connectivity index is 2.40. The minimum atomic E-state index is -0.321. The van der Waals surface area contributed by atoms with Crippen LogP contribution in [0.4, 0.5) is 16.0 Å². The molecule has 0 saturated heterocycles. The molecule has 4 heteroatoms. The number of halogens is 1. The summed E-state index contributed by atoms with van der Waals surface area (Å²) in [5, 5.41) is 0. The van der Waals surface area contributed by atoms with E-state index < -0.39 is 0 Å². The van der Waals surface area contributed by atoms with Crippen molar-refractivity contribution in [2.45, 2.75) is 6.92 Å². The second-order valence-corrected chi connectivity index (χ2v) is 3.49. The normalized spacial score (nSPS) is 10.2. The second kappa shape index (κ2) is 4.82. The third-order valence-corrected chi connectivity index (χ3v) is 2.45. The standard InChI is InChI=1S/C13H12FNO2/c1-2-15(12-6-4-3-5-11(12)14)13-8-7-10(9-16)17-13/h3-9H,2H2,1H3. The first-order chi connectivity index (χ1) is 8.26. The molecule has 0 bridgehead atoms. The Bertz CT molecular complexity index is 522. The van der Waals surface area contributed by atoms with Gasteiger partial charge in [-0.1, -0.05) is 12.1 Å². The predicted molar refractivity (Wildman–Crippen MR) is 63.2 cm³/mol. The lowest BCUT2D eigenvalue weighted by Crippen LogP contribution is -2.16. The van der Waals surface area contributed by atoms with Crippen molar-refractivity contribution in [2.75, 3.05) is 11.4 Å². The first-order valence-electron chi connectivity index (χ1n) is 5.33. The number of rotatable bonds is 4. The summed E-state index contributed by atoms with van der Waals surface area (Å²) < 4.78 is 18.9. The van der Waals surface area contributed by atoms with Crippen LogP contribution in [0.3, 0.4) is 0 Å². The number of furan rings is 1. The zero-order valence-electron chi connectivity index (χ0n) is 9.39. The summed E-state index contributed by atoms with van der Waals surface area (Å²) in [7, 11) is 0. The molecule has 1 aromatic carbocycles.